The molecule has 0 radical (unpaired) electrons. The van der Waals surface area contributed by atoms with Gasteiger partial charge in [0.25, 0.3) is 0 Å². The molecule has 5 rings (SSSR count). The van der Waals surface area contributed by atoms with Gasteiger partial charge in [-0.3, -0.25) is 9.59 Å². The van der Waals surface area contributed by atoms with Crippen molar-refractivity contribution in [1.29, 1.82) is 0 Å². The Morgan fingerprint density at radius 3 is 1.91 bits per heavy atom. The third-order valence-electron chi connectivity index (χ3n) is 6.52. The van der Waals surface area contributed by atoms with Gasteiger partial charge in [-0.05, 0) is 55.1 Å². The summed E-state index contributed by atoms with van der Waals surface area (Å²) in [5, 5.41) is 0. The molecular weight excluding hydrogens is 274 g/mol. The van der Waals surface area contributed by atoms with Crippen LogP contribution in [0.2, 0.25) is 0 Å². The van der Waals surface area contributed by atoms with Crippen molar-refractivity contribution in [3.63, 3.8) is 0 Å². The lowest BCUT2D eigenvalue weighted by Gasteiger charge is -2.24. The van der Waals surface area contributed by atoms with E-state index in [9.17, 15) is 9.59 Å². The normalized spacial score (nSPS) is 36.5. The molecule has 0 unspecified atom stereocenters. The fourth-order valence-electron chi connectivity index (χ4n) is 5.46. The lowest BCUT2D eigenvalue weighted by Crippen LogP contribution is -2.35. The molecule has 2 bridgehead atoms. The molecule has 22 heavy (non-hydrogen) atoms. The average Bonchev–Trinajstić information content (AvgIpc) is 3.08. The number of imide groups is 1. The number of anilines is 1. The number of hydrogen-bond acceptors (Lipinski definition) is 2. The smallest absolute Gasteiger partial charge is 0.238 e. The lowest BCUT2D eigenvalue weighted by atomic mass is 9.85. The number of carbonyl (C=O) groups excluding carboxylic acids is 2. The zero-order valence-corrected chi connectivity index (χ0v) is 12.9. The summed E-state index contributed by atoms with van der Waals surface area (Å²) in [6.45, 7) is 3.96. The summed E-state index contributed by atoms with van der Waals surface area (Å²) in [6, 6.07) is 5.93. The summed E-state index contributed by atoms with van der Waals surface area (Å²) in [5.74, 6) is 0.459. The second-order valence-electron chi connectivity index (χ2n) is 7.47. The average molecular weight is 293 g/mol. The molecule has 112 valence electrons. The first kappa shape index (κ1) is 12.6. The van der Waals surface area contributed by atoms with Crippen LogP contribution in [0.25, 0.3) is 0 Å². The van der Waals surface area contributed by atoms with E-state index < -0.39 is 0 Å². The van der Waals surface area contributed by atoms with Crippen LogP contribution in [0.15, 0.2) is 30.4 Å². The molecule has 2 saturated carbocycles. The molecule has 3 aliphatic carbocycles. The zero-order chi connectivity index (χ0) is 15.2. The van der Waals surface area contributed by atoms with Crippen molar-refractivity contribution >= 4 is 17.5 Å². The van der Waals surface area contributed by atoms with Gasteiger partial charge < -0.3 is 0 Å². The molecule has 1 heterocycles. The Hall–Kier alpha value is -1.90. The largest absolute Gasteiger partial charge is 0.274 e. The van der Waals surface area contributed by atoms with Crippen molar-refractivity contribution in [2.45, 2.75) is 26.7 Å². The van der Waals surface area contributed by atoms with Crippen LogP contribution >= 0.6 is 0 Å². The highest BCUT2D eigenvalue weighted by Gasteiger charge is 2.73. The van der Waals surface area contributed by atoms with Gasteiger partial charge in [-0.1, -0.05) is 30.4 Å². The van der Waals surface area contributed by atoms with Crippen molar-refractivity contribution < 1.29 is 9.59 Å². The molecule has 1 aliphatic heterocycles. The van der Waals surface area contributed by atoms with Gasteiger partial charge in [0.05, 0.1) is 17.5 Å². The number of aryl methyl sites for hydroxylation is 2. The van der Waals surface area contributed by atoms with E-state index in [0.29, 0.717) is 11.8 Å². The van der Waals surface area contributed by atoms with E-state index in [-0.39, 0.29) is 29.1 Å². The Labute approximate surface area is 130 Å². The fraction of sp³-hybridized carbons (Fsp3) is 0.474. The molecule has 4 aliphatic rings. The highest BCUT2D eigenvalue weighted by molar-refractivity contribution is 6.23. The van der Waals surface area contributed by atoms with E-state index in [1.54, 1.807) is 0 Å². The van der Waals surface area contributed by atoms with Crippen LogP contribution in [-0.4, -0.2) is 11.8 Å². The number of nitrogens with zero attached hydrogens (tertiary/aromatic N) is 1. The quantitative estimate of drug-likeness (QED) is 0.589. The number of allylic oxidation sites excluding steroid dienone is 2. The summed E-state index contributed by atoms with van der Waals surface area (Å²) in [5.41, 5.74) is 3.09. The molecule has 3 fully saturated rings. The van der Waals surface area contributed by atoms with Gasteiger partial charge in [0.1, 0.15) is 0 Å². The first-order valence-electron chi connectivity index (χ1n) is 8.18. The first-order valence-corrected chi connectivity index (χ1v) is 8.18. The first-order chi connectivity index (χ1) is 10.6. The van der Waals surface area contributed by atoms with Crippen molar-refractivity contribution in [2.75, 3.05) is 4.90 Å². The van der Waals surface area contributed by atoms with Gasteiger partial charge in [-0.25, -0.2) is 4.90 Å². The summed E-state index contributed by atoms with van der Waals surface area (Å²) in [4.78, 5) is 27.7. The summed E-state index contributed by atoms with van der Waals surface area (Å²) in [6.07, 6.45) is 6.81. The van der Waals surface area contributed by atoms with Gasteiger partial charge in [0, 0.05) is 0 Å². The molecule has 4 atom stereocenters. The maximum absolute atomic E-state index is 13.1. The predicted molar refractivity (Wildman–Crippen MR) is 83.2 cm³/mol. The van der Waals surface area contributed by atoms with Crippen molar-refractivity contribution in [2.24, 2.45) is 29.1 Å². The number of hydrogen-bond donors (Lipinski definition) is 0. The molecule has 1 spiro atoms. The van der Waals surface area contributed by atoms with Crippen LogP contribution in [0.5, 0.6) is 0 Å². The number of benzene rings is 1. The summed E-state index contributed by atoms with van der Waals surface area (Å²) in [7, 11) is 0. The van der Waals surface area contributed by atoms with Crippen LogP contribution in [0.1, 0.15) is 24.0 Å². The fourth-order valence-corrected chi connectivity index (χ4v) is 5.46. The minimum atomic E-state index is -0.107. The Kier molecular flexibility index (Phi) is 2.13. The van der Waals surface area contributed by atoms with Gasteiger partial charge in [0.2, 0.25) is 11.8 Å². The molecular formula is C19H19NO2. The topological polar surface area (TPSA) is 37.4 Å². The predicted octanol–water partition coefficient (Wildman–Crippen LogP) is 3.01. The van der Waals surface area contributed by atoms with Crippen molar-refractivity contribution in [3.8, 4) is 0 Å². The number of amides is 2. The second kappa shape index (κ2) is 3.70. The molecule has 1 aromatic rings. The van der Waals surface area contributed by atoms with Gasteiger partial charge in [-0.15, -0.1) is 0 Å². The number of para-hydroxylation sites is 1. The maximum atomic E-state index is 13.1. The lowest BCUT2D eigenvalue weighted by molar-refractivity contribution is -0.123. The summed E-state index contributed by atoms with van der Waals surface area (Å²) >= 11 is 0. The minimum absolute atomic E-state index is 0.0375. The molecule has 1 aromatic carbocycles. The number of carbonyl (C=O) groups is 2. The van der Waals surface area contributed by atoms with E-state index in [1.807, 2.05) is 32.0 Å². The molecule has 0 N–H and O–H groups in total. The third kappa shape index (κ3) is 1.21. The van der Waals surface area contributed by atoms with Crippen LogP contribution in [0.4, 0.5) is 5.69 Å². The van der Waals surface area contributed by atoms with Crippen LogP contribution < -0.4 is 4.90 Å². The third-order valence-corrected chi connectivity index (χ3v) is 6.52. The zero-order valence-electron chi connectivity index (χ0n) is 12.9. The highest BCUT2D eigenvalue weighted by atomic mass is 16.2. The molecule has 2 amide bonds. The Bertz CT molecular complexity index is 704. The second-order valence-corrected chi connectivity index (χ2v) is 7.47. The Balaban J connectivity index is 1.62. The van der Waals surface area contributed by atoms with Crippen LogP contribution in [-0.2, 0) is 9.59 Å². The van der Waals surface area contributed by atoms with Crippen LogP contribution in [0, 0.1) is 42.9 Å². The number of fused-ring (bicyclic) bond motifs is 3. The van der Waals surface area contributed by atoms with E-state index in [2.05, 4.69) is 12.2 Å². The SMILES string of the molecule is Cc1cccc(C)c1N1C(=O)[C@@H]2[C@@H](C1=O)[C@@H]1C=C[C@H]2C12CC2. The van der Waals surface area contributed by atoms with E-state index in [4.69, 9.17) is 0 Å². The Morgan fingerprint density at radius 1 is 0.955 bits per heavy atom. The molecule has 3 nitrogen and oxygen atoms in total. The van der Waals surface area contributed by atoms with Crippen molar-refractivity contribution in [3.05, 3.63) is 41.5 Å². The highest BCUT2D eigenvalue weighted by Crippen LogP contribution is 2.73. The van der Waals surface area contributed by atoms with E-state index >= 15 is 0 Å². The van der Waals surface area contributed by atoms with E-state index in [0.717, 1.165) is 16.8 Å². The van der Waals surface area contributed by atoms with Crippen LogP contribution in [0.3, 0.4) is 0 Å². The van der Waals surface area contributed by atoms with Crippen molar-refractivity contribution in [1.82, 2.24) is 0 Å². The monoisotopic (exact) mass is 293 g/mol. The molecule has 1 saturated heterocycles. The van der Waals surface area contributed by atoms with E-state index in [1.165, 1.54) is 17.7 Å². The molecule has 0 aromatic heterocycles. The maximum Gasteiger partial charge on any atom is 0.238 e. The Morgan fingerprint density at radius 2 is 1.45 bits per heavy atom. The standard InChI is InChI=1S/C19H19NO2/c1-10-4-3-5-11(2)16(10)20-17(21)14-12-6-7-13(15(14)18(20)22)19(12)8-9-19/h3-7,12-15H,8-9H2,1-2H3/t12-,13+,14-,15-/m0/s1. The summed E-state index contributed by atoms with van der Waals surface area (Å²) < 4.78 is 0. The van der Waals surface area contributed by atoms with Gasteiger partial charge >= 0.3 is 0 Å². The van der Waals surface area contributed by atoms with Gasteiger partial charge in [0.15, 0.2) is 0 Å². The van der Waals surface area contributed by atoms with Gasteiger partial charge in [-0.2, -0.15) is 0 Å². The minimum Gasteiger partial charge on any atom is -0.274 e. The molecule has 3 heteroatoms. The number of rotatable bonds is 1.